The van der Waals surface area contributed by atoms with Crippen LogP contribution in [-0.2, 0) is 0 Å². The number of carbonyl (C=O) groups is 1. The van der Waals surface area contributed by atoms with Crippen LogP contribution >= 0.6 is 11.6 Å². The Morgan fingerprint density at radius 1 is 1.23 bits per heavy atom. The summed E-state index contributed by atoms with van der Waals surface area (Å²) in [6.07, 6.45) is 1.53. The van der Waals surface area contributed by atoms with Gasteiger partial charge in [0, 0.05) is 37.9 Å². The standard InChI is InChI=1S/C16H17ClN4O/c17-15-11-12(5-6-19-15)16(22)20-13-3-1-2-4-14(13)21-9-7-18-8-10-21/h1-6,11,18H,7-10H2,(H,20,22). The third kappa shape index (κ3) is 3.37. The largest absolute Gasteiger partial charge is 0.367 e. The molecule has 114 valence electrons. The fourth-order valence-electron chi connectivity index (χ4n) is 2.50. The van der Waals surface area contributed by atoms with Gasteiger partial charge in [-0.25, -0.2) is 4.98 Å². The Balaban J connectivity index is 1.81. The first-order chi connectivity index (χ1) is 10.7. The molecule has 1 saturated heterocycles. The van der Waals surface area contributed by atoms with Crippen LogP contribution in [-0.4, -0.2) is 37.1 Å². The summed E-state index contributed by atoms with van der Waals surface area (Å²) in [5.74, 6) is -0.188. The van der Waals surface area contributed by atoms with Crippen LogP contribution in [0.5, 0.6) is 0 Å². The Morgan fingerprint density at radius 3 is 2.77 bits per heavy atom. The summed E-state index contributed by atoms with van der Waals surface area (Å²) in [6.45, 7) is 3.74. The van der Waals surface area contributed by atoms with E-state index in [9.17, 15) is 4.79 Å². The van der Waals surface area contributed by atoms with Gasteiger partial charge in [-0.2, -0.15) is 0 Å². The number of hydrogen-bond acceptors (Lipinski definition) is 4. The molecule has 0 aliphatic carbocycles. The average molecular weight is 317 g/mol. The minimum atomic E-state index is -0.188. The van der Waals surface area contributed by atoms with E-state index in [1.165, 1.54) is 6.20 Å². The second kappa shape index (κ2) is 6.77. The van der Waals surface area contributed by atoms with Gasteiger partial charge >= 0.3 is 0 Å². The van der Waals surface area contributed by atoms with Gasteiger partial charge in [-0.3, -0.25) is 4.79 Å². The lowest BCUT2D eigenvalue weighted by atomic mass is 10.2. The molecule has 22 heavy (non-hydrogen) atoms. The number of rotatable bonds is 3. The molecule has 1 aliphatic rings. The minimum Gasteiger partial charge on any atom is -0.367 e. The van der Waals surface area contributed by atoms with E-state index in [2.05, 4.69) is 20.5 Å². The number of amides is 1. The predicted octanol–water partition coefficient (Wildman–Crippen LogP) is 2.40. The van der Waals surface area contributed by atoms with Gasteiger partial charge in [-0.05, 0) is 24.3 Å². The number of benzene rings is 1. The Bertz CT molecular complexity index is 671. The first-order valence-electron chi connectivity index (χ1n) is 7.21. The minimum absolute atomic E-state index is 0.188. The molecule has 0 saturated carbocycles. The van der Waals surface area contributed by atoms with Crippen molar-refractivity contribution in [2.75, 3.05) is 36.4 Å². The predicted molar refractivity (Wildman–Crippen MR) is 88.7 cm³/mol. The van der Waals surface area contributed by atoms with E-state index < -0.39 is 0 Å². The first-order valence-corrected chi connectivity index (χ1v) is 7.59. The average Bonchev–Trinajstić information content (AvgIpc) is 2.56. The second-order valence-corrected chi connectivity index (χ2v) is 5.46. The summed E-state index contributed by atoms with van der Waals surface area (Å²) >= 11 is 5.84. The van der Waals surface area contributed by atoms with Crippen molar-refractivity contribution in [1.29, 1.82) is 0 Å². The van der Waals surface area contributed by atoms with E-state index in [1.807, 2.05) is 24.3 Å². The van der Waals surface area contributed by atoms with E-state index in [0.29, 0.717) is 10.7 Å². The molecule has 1 fully saturated rings. The van der Waals surface area contributed by atoms with Crippen molar-refractivity contribution in [3.05, 3.63) is 53.3 Å². The van der Waals surface area contributed by atoms with Gasteiger partial charge in [0.25, 0.3) is 5.91 Å². The molecule has 2 N–H and O–H groups in total. The maximum absolute atomic E-state index is 12.4. The number of pyridine rings is 1. The van der Waals surface area contributed by atoms with Gasteiger partial charge in [0.1, 0.15) is 5.15 Å². The zero-order valence-corrected chi connectivity index (χ0v) is 12.8. The highest BCUT2D eigenvalue weighted by Crippen LogP contribution is 2.26. The van der Waals surface area contributed by atoms with Crippen LogP contribution in [0.15, 0.2) is 42.6 Å². The molecule has 1 amide bonds. The maximum Gasteiger partial charge on any atom is 0.255 e. The number of carbonyl (C=O) groups excluding carboxylic acids is 1. The summed E-state index contributed by atoms with van der Waals surface area (Å²) < 4.78 is 0. The summed E-state index contributed by atoms with van der Waals surface area (Å²) in [4.78, 5) is 18.5. The smallest absolute Gasteiger partial charge is 0.255 e. The molecule has 6 heteroatoms. The van der Waals surface area contributed by atoms with Crippen molar-refractivity contribution in [3.63, 3.8) is 0 Å². The first kappa shape index (κ1) is 14.8. The summed E-state index contributed by atoms with van der Waals surface area (Å²) in [6, 6.07) is 11.1. The SMILES string of the molecule is O=C(Nc1ccccc1N1CCNCC1)c1ccnc(Cl)c1. The van der Waals surface area contributed by atoms with Crippen LogP contribution in [0.3, 0.4) is 0 Å². The molecular weight excluding hydrogens is 300 g/mol. The molecule has 2 heterocycles. The van der Waals surface area contributed by atoms with Crippen molar-refractivity contribution in [3.8, 4) is 0 Å². The van der Waals surface area contributed by atoms with E-state index in [-0.39, 0.29) is 5.91 Å². The molecule has 1 aromatic carbocycles. The van der Waals surface area contributed by atoms with Crippen LogP contribution in [0, 0.1) is 0 Å². The molecule has 0 radical (unpaired) electrons. The Labute approximate surface area is 134 Å². The Morgan fingerprint density at radius 2 is 2.00 bits per heavy atom. The molecule has 0 spiro atoms. The van der Waals surface area contributed by atoms with Crippen LogP contribution in [0.2, 0.25) is 5.15 Å². The van der Waals surface area contributed by atoms with Gasteiger partial charge in [0.05, 0.1) is 11.4 Å². The lowest BCUT2D eigenvalue weighted by molar-refractivity contribution is 0.102. The fourth-order valence-corrected chi connectivity index (χ4v) is 2.67. The van der Waals surface area contributed by atoms with Crippen LogP contribution < -0.4 is 15.5 Å². The quantitative estimate of drug-likeness (QED) is 0.854. The van der Waals surface area contributed by atoms with Gasteiger partial charge < -0.3 is 15.5 Å². The lowest BCUT2D eigenvalue weighted by Gasteiger charge is -2.31. The van der Waals surface area contributed by atoms with E-state index in [0.717, 1.165) is 37.6 Å². The number of nitrogens with one attached hydrogen (secondary N) is 2. The molecular formula is C16H17ClN4O. The van der Waals surface area contributed by atoms with Crippen molar-refractivity contribution in [1.82, 2.24) is 10.3 Å². The molecule has 5 nitrogen and oxygen atoms in total. The zero-order valence-electron chi connectivity index (χ0n) is 12.1. The highest BCUT2D eigenvalue weighted by molar-refractivity contribution is 6.29. The van der Waals surface area contributed by atoms with Crippen molar-refractivity contribution in [2.24, 2.45) is 0 Å². The molecule has 3 rings (SSSR count). The number of nitrogens with zero attached hydrogens (tertiary/aromatic N) is 2. The van der Waals surface area contributed by atoms with Gasteiger partial charge in [-0.15, -0.1) is 0 Å². The molecule has 1 aliphatic heterocycles. The van der Waals surface area contributed by atoms with Gasteiger partial charge in [-0.1, -0.05) is 23.7 Å². The Hall–Kier alpha value is -2.11. The number of anilines is 2. The van der Waals surface area contributed by atoms with Crippen molar-refractivity contribution in [2.45, 2.75) is 0 Å². The molecule has 0 bridgehead atoms. The topological polar surface area (TPSA) is 57.3 Å². The van der Waals surface area contributed by atoms with Crippen LogP contribution in [0.1, 0.15) is 10.4 Å². The van der Waals surface area contributed by atoms with E-state index >= 15 is 0 Å². The molecule has 0 unspecified atom stereocenters. The monoisotopic (exact) mass is 316 g/mol. The number of hydrogen-bond donors (Lipinski definition) is 2. The van der Waals surface area contributed by atoms with E-state index in [4.69, 9.17) is 11.6 Å². The van der Waals surface area contributed by atoms with Gasteiger partial charge in [0.2, 0.25) is 0 Å². The molecule has 0 atom stereocenters. The zero-order chi connectivity index (χ0) is 15.4. The highest BCUT2D eigenvalue weighted by Gasteiger charge is 2.15. The second-order valence-electron chi connectivity index (χ2n) is 5.08. The highest BCUT2D eigenvalue weighted by atomic mass is 35.5. The molecule has 2 aromatic rings. The van der Waals surface area contributed by atoms with Crippen molar-refractivity contribution < 1.29 is 4.79 Å². The lowest BCUT2D eigenvalue weighted by Crippen LogP contribution is -2.43. The van der Waals surface area contributed by atoms with Crippen LogP contribution in [0.25, 0.3) is 0 Å². The fraction of sp³-hybridized carbons (Fsp3) is 0.250. The third-order valence-electron chi connectivity index (χ3n) is 3.60. The molecule has 1 aromatic heterocycles. The van der Waals surface area contributed by atoms with Crippen molar-refractivity contribution >= 4 is 28.9 Å². The maximum atomic E-state index is 12.4. The number of halogens is 1. The number of para-hydroxylation sites is 2. The Kier molecular flexibility index (Phi) is 4.56. The summed E-state index contributed by atoms with van der Waals surface area (Å²) in [7, 11) is 0. The number of piperazine rings is 1. The number of aromatic nitrogens is 1. The van der Waals surface area contributed by atoms with E-state index in [1.54, 1.807) is 12.1 Å². The third-order valence-corrected chi connectivity index (χ3v) is 3.81. The normalized spacial score (nSPS) is 14.7. The summed E-state index contributed by atoms with van der Waals surface area (Å²) in [5, 5.41) is 6.60. The van der Waals surface area contributed by atoms with Gasteiger partial charge in [0.15, 0.2) is 0 Å². The summed E-state index contributed by atoms with van der Waals surface area (Å²) in [5.41, 5.74) is 2.34. The van der Waals surface area contributed by atoms with Crippen LogP contribution in [0.4, 0.5) is 11.4 Å².